The van der Waals surface area contributed by atoms with Crippen LogP contribution in [-0.2, 0) is 4.79 Å². The second kappa shape index (κ2) is 8.70. The number of hydrogen-bond donors (Lipinski definition) is 2. The summed E-state index contributed by atoms with van der Waals surface area (Å²) in [5.41, 5.74) is 2.52. The van der Waals surface area contributed by atoms with Crippen molar-refractivity contribution in [3.63, 3.8) is 0 Å². The molecule has 7 heteroatoms. The maximum atomic E-state index is 13.6. The molecule has 2 aromatic carbocycles. The Hall–Kier alpha value is -3.45. The first-order valence-corrected chi connectivity index (χ1v) is 9.03. The predicted molar refractivity (Wildman–Crippen MR) is 109 cm³/mol. The lowest BCUT2D eigenvalue weighted by atomic mass is 10.0. The summed E-state index contributed by atoms with van der Waals surface area (Å²) in [6.45, 7) is 1.82. The zero-order valence-electron chi connectivity index (χ0n) is 16.4. The molecule has 0 saturated heterocycles. The average Bonchev–Trinajstić information content (AvgIpc) is 3.18. The Labute approximate surface area is 168 Å². The number of halogens is 1. The molecule has 1 unspecified atom stereocenters. The van der Waals surface area contributed by atoms with Crippen LogP contribution in [0.2, 0.25) is 0 Å². The normalized spacial score (nSPS) is 11.9. The molecule has 3 aromatic rings. The van der Waals surface area contributed by atoms with Gasteiger partial charge in [0.25, 0.3) is 5.91 Å². The number of amides is 2. The Morgan fingerprint density at radius 1 is 1.03 bits per heavy atom. The second-order valence-corrected chi connectivity index (χ2v) is 6.87. The molecule has 2 amide bonds. The maximum Gasteiger partial charge on any atom is 0.291 e. The van der Waals surface area contributed by atoms with Gasteiger partial charge in [0.15, 0.2) is 5.76 Å². The molecule has 29 heavy (non-hydrogen) atoms. The maximum absolute atomic E-state index is 13.6. The molecule has 0 saturated carbocycles. The van der Waals surface area contributed by atoms with Gasteiger partial charge < -0.3 is 15.1 Å². The first-order valence-electron chi connectivity index (χ1n) is 9.03. The van der Waals surface area contributed by atoms with E-state index in [1.54, 1.807) is 61.5 Å². The summed E-state index contributed by atoms with van der Waals surface area (Å²) in [6.07, 6.45) is 1.43. The molecule has 0 radical (unpaired) electrons. The van der Waals surface area contributed by atoms with Crippen molar-refractivity contribution in [1.29, 1.82) is 0 Å². The topological polar surface area (TPSA) is 74.6 Å². The van der Waals surface area contributed by atoms with E-state index in [2.05, 4.69) is 10.6 Å². The Morgan fingerprint density at radius 3 is 2.45 bits per heavy atom. The molecule has 0 aliphatic rings. The Balaban J connectivity index is 1.74. The molecule has 6 nitrogen and oxygen atoms in total. The minimum Gasteiger partial charge on any atom is -0.459 e. The number of carbonyl (C=O) groups excluding carboxylic acids is 2. The molecule has 1 atom stereocenters. The monoisotopic (exact) mass is 395 g/mol. The Morgan fingerprint density at radius 2 is 1.83 bits per heavy atom. The van der Waals surface area contributed by atoms with Gasteiger partial charge in [-0.2, -0.15) is 0 Å². The fourth-order valence-electron chi connectivity index (χ4n) is 3.04. The number of likely N-dealkylation sites (N-methyl/N-ethyl adjacent to an activating group) is 1. The lowest BCUT2D eigenvalue weighted by Gasteiger charge is -2.24. The lowest BCUT2D eigenvalue weighted by molar-refractivity contribution is -0.120. The van der Waals surface area contributed by atoms with Crippen LogP contribution < -0.4 is 10.6 Å². The molecule has 0 aliphatic carbocycles. The third kappa shape index (κ3) is 4.89. The summed E-state index contributed by atoms with van der Waals surface area (Å²) in [5, 5.41) is 5.63. The molecule has 3 rings (SSSR count). The zero-order chi connectivity index (χ0) is 21.0. The summed E-state index contributed by atoms with van der Waals surface area (Å²) < 4.78 is 18.7. The molecule has 1 heterocycles. The van der Waals surface area contributed by atoms with Gasteiger partial charge in [0.2, 0.25) is 5.91 Å². The number of aryl methyl sites for hydroxylation is 1. The number of nitrogens with one attached hydrogen (secondary N) is 2. The van der Waals surface area contributed by atoms with Crippen molar-refractivity contribution in [1.82, 2.24) is 4.90 Å². The van der Waals surface area contributed by atoms with E-state index in [0.717, 1.165) is 5.56 Å². The molecule has 0 aliphatic heterocycles. The van der Waals surface area contributed by atoms with Gasteiger partial charge in [-0.1, -0.05) is 12.1 Å². The van der Waals surface area contributed by atoms with Crippen LogP contribution in [-0.4, -0.2) is 30.8 Å². The number of furan rings is 1. The van der Waals surface area contributed by atoms with Crippen LogP contribution in [0.1, 0.15) is 27.7 Å². The van der Waals surface area contributed by atoms with Gasteiger partial charge in [-0.05, 0) is 74.6 Å². The SMILES string of the molecule is Cc1cc(NC(=O)C(c2cccc(F)c2)N(C)C)ccc1NC(=O)c1ccco1. The number of anilines is 2. The third-order valence-electron chi connectivity index (χ3n) is 4.42. The Kier molecular flexibility index (Phi) is 6.09. The van der Waals surface area contributed by atoms with E-state index in [1.165, 1.54) is 18.4 Å². The van der Waals surface area contributed by atoms with Gasteiger partial charge >= 0.3 is 0 Å². The van der Waals surface area contributed by atoms with Crippen molar-refractivity contribution in [3.8, 4) is 0 Å². The molecular formula is C22H22FN3O3. The molecule has 0 fully saturated rings. The largest absolute Gasteiger partial charge is 0.459 e. The van der Waals surface area contributed by atoms with Crippen molar-refractivity contribution in [2.24, 2.45) is 0 Å². The second-order valence-electron chi connectivity index (χ2n) is 6.87. The summed E-state index contributed by atoms with van der Waals surface area (Å²) in [4.78, 5) is 26.7. The van der Waals surface area contributed by atoms with Gasteiger partial charge in [0.05, 0.1) is 6.26 Å². The van der Waals surface area contributed by atoms with E-state index in [-0.39, 0.29) is 17.6 Å². The molecule has 150 valence electrons. The summed E-state index contributed by atoms with van der Waals surface area (Å²) in [7, 11) is 3.52. The summed E-state index contributed by atoms with van der Waals surface area (Å²) in [6, 6.07) is 13.7. The van der Waals surface area contributed by atoms with E-state index >= 15 is 0 Å². The summed E-state index contributed by atoms with van der Waals surface area (Å²) >= 11 is 0. The van der Waals surface area contributed by atoms with Crippen LogP contribution in [0.5, 0.6) is 0 Å². The molecular weight excluding hydrogens is 373 g/mol. The first kappa shape index (κ1) is 20.3. The van der Waals surface area contributed by atoms with E-state index in [0.29, 0.717) is 16.9 Å². The predicted octanol–water partition coefficient (Wildman–Crippen LogP) is 4.22. The van der Waals surface area contributed by atoms with E-state index in [9.17, 15) is 14.0 Å². The zero-order valence-corrected chi connectivity index (χ0v) is 16.4. The molecule has 1 aromatic heterocycles. The van der Waals surface area contributed by atoms with Crippen LogP contribution in [0, 0.1) is 12.7 Å². The van der Waals surface area contributed by atoms with Gasteiger partial charge in [0, 0.05) is 11.4 Å². The van der Waals surface area contributed by atoms with Crippen molar-refractivity contribution in [2.75, 3.05) is 24.7 Å². The first-order chi connectivity index (χ1) is 13.8. The minimum atomic E-state index is -0.649. The highest BCUT2D eigenvalue weighted by atomic mass is 19.1. The van der Waals surface area contributed by atoms with Crippen molar-refractivity contribution in [3.05, 3.63) is 83.6 Å². The van der Waals surface area contributed by atoms with E-state index < -0.39 is 11.9 Å². The minimum absolute atomic E-state index is 0.214. The quantitative estimate of drug-likeness (QED) is 0.655. The standard InChI is InChI=1S/C22H22FN3O3/c1-14-12-17(9-10-18(14)25-21(27)19-8-5-11-29-19)24-22(28)20(26(2)3)15-6-4-7-16(23)13-15/h4-13,20H,1-3H3,(H,24,28)(H,25,27). The Bertz CT molecular complexity index is 1020. The van der Waals surface area contributed by atoms with Crippen LogP contribution in [0.25, 0.3) is 0 Å². The highest BCUT2D eigenvalue weighted by Crippen LogP contribution is 2.24. The highest BCUT2D eigenvalue weighted by molar-refractivity contribution is 6.03. The van der Waals surface area contributed by atoms with E-state index in [1.807, 2.05) is 6.92 Å². The smallest absolute Gasteiger partial charge is 0.291 e. The number of hydrogen-bond acceptors (Lipinski definition) is 4. The van der Waals surface area contributed by atoms with Crippen LogP contribution in [0.15, 0.2) is 65.3 Å². The fraction of sp³-hybridized carbons (Fsp3) is 0.182. The van der Waals surface area contributed by atoms with E-state index in [4.69, 9.17) is 4.42 Å². The highest BCUT2D eigenvalue weighted by Gasteiger charge is 2.23. The van der Waals surface area contributed by atoms with Crippen LogP contribution in [0.4, 0.5) is 15.8 Å². The third-order valence-corrected chi connectivity index (χ3v) is 4.42. The van der Waals surface area contributed by atoms with Gasteiger partial charge in [0.1, 0.15) is 11.9 Å². The van der Waals surface area contributed by atoms with Gasteiger partial charge in [-0.25, -0.2) is 4.39 Å². The lowest BCUT2D eigenvalue weighted by Crippen LogP contribution is -2.32. The molecule has 0 spiro atoms. The number of rotatable bonds is 6. The van der Waals surface area contributed by atoms with Crippen molar-refractivity contribution in [2.45, 2.75) is 13.0 Å². The average molecular weight is 395 g/mol. The van der Waals surface area contributed by atoms with Gasteiger partial charge in [-0.3, -0.25) is 14.5 Å². The van der Waals surface area contributed by atoms with Crippen molar-refractivity contribution >= 4 is 23.2 Å². The van der Waals surface area contributed by atoms with Crippen LogP contribution >= 0.6 is 0 Å². The van der Waals surface area contributed by atoms with Gasteiger partial charge in [-0.15, -0.1) is 0 Å². The number of nitrogens with zero attached hydrogens (tertiary/aromatic N) is 1. The van der Waals surface area contributed by atoms with Crippen molar-refractivity contribution < 1.29 is 18.4 Å². The molecule has 2 N–H and O–H groups in total. The number of benzene rings is 2. The summed E-state index contributed by atoms with van der Waals surface area (Å²) in [5.74, 6) is -0.818. The molecule has 0 bridgehead atoms. The number of carbonyl (C=O) groups is 2. The van der Waals surface area contributed by atoms with Crippen LogP contribution in [0.3, 0.4) is 0 Å². The fourth-order valence-corrected chi connectivity index (χ4v) is 3.04.